The average Bonchev–Trinajstić information content (AvgIpc) is 3.36. The predicted molar refractivity (Wildman–Crippen MR) is 263 cm³/mol. The zero-order valence-corrected chi connectivity index (χ0v) is 40.2. The van der Waals surface area contributed by atoms with Crippen LogP contribution in [0.15, 0.2) is 88.1 Å². The van der Waals surface area contributed by atoms with Gasteiger partial charge in [-0.05, 0) is 84.1 Å². The Hall–Kier alpha value is -7.87. The molecule has 0 heterocycles. The van der Waals surface area contributed by atoms with Crippen LogP contribution in [0.1, 0.15) is 68.6 Å². The number of carboxylic acids is 3. The molecule has 0 spiro atoms. The smallest absolute Gasteiger partial charge is 0.407 e. The topological polar surface area (TPSA) is 451 Å². The van der Waals surface area contributed by atoms with Crippen molar-refractivity contribution in [1.29, 1.82) is 0 Å². The van der Waals surface area contributed by atoms with Gasteiger partial charge in [0, 0.05) is 73.8 Å². The monoisotopic (exact) mass is 1030 g/mol. The molecule has 71 heavy (non-hydrogen) atoms. The predicted octanol–water partition coefficient (Wildman–Crippen LogP) is 7.16. The van der Waals surface area contributed by atoms with Crippen LogP contribution in [-0.4, -0.2) is 89.3 Å². The molecule has 3 aromatic rings. The van der Waals surface area contributed by atoms with Gasteiger partial charge in [-0.2, -0.15) is 0 Å². The normalized spacial score (nSPS) is 11.4. The second kappa shape index (κ2) is 39.0. The highest BCUT2D eigenvalue weighted by Gasteiger charge is 2.15. The van der Waals surface area contributed by atoms with Gasteiger partial charge in [-0.1, -0.05) is 95.1 Å². The van der Waals surface area contributed by atoms with Crippen LogP contribution < -0.4 is 33.2 Å². The lowest BCUT2D eigenvalue weighted by Gasteiger charge is -2.14. The maximum absolute atomic E-state index is 11.6. The number of alkyl carbamates (subject to hydrolysis) is 3. The van der Waals surface area contributed by atoms with Crippen LogP contribution >= 0.6 is 0 Å². The summed E-state index contributed by atoms with van der Waals surface area (Å²) in [4.78, 5) is 74.1. The Morgan fingerprint density at radius 3 is 1.17 bits per heavy atom. The summed E-state index contributed by atoms with van der Waals surface area (Å²) < 4.78 is 15.1. The fourth-order valence-electron chi connectivity index (χ4n) is 5.12. The molecule has 12 N–H and O–H groups in total. The fraction of sp³-hybridized carbons (Fsp3) is 0.429. The molecule has 27 nitrogen and oxygen atoms in total. The molecule has 0 aliphatic carbocycles. The van der Waals surface area contributed by atoms with Gasteiger partial charge in [-0.25, -0.2) is 14.4 Å². The summed E-state index contributed by atoms with van der Waals surface area (Å²) in [6.45, 7) is 3.23. The number of nitrogens with one attached hydrogen (secondary N) is 3. The van der Waals surface area contributed by atoms with Gasteiger partial charge in [0.1, 0.15) is 37.9 Å². The molecular formula is C42H57N15O12S2. The molecule has 0 aromatic heterocycles. The van der Waals surface area contributed by atoms with Gasteiger partial charge in [0.05, 0.1) is 0 Å². The van der Waals surface area contributed by atoms with Gasteiger partial charge < -0.3 is 62.7 Å². The summed E-state index contributed by atoms with van der Waals surface area (Å²) in [5, 5.41) is 43.9. The Balaban J connectivity index is 0.00000102. The van der Waals surface area contributed by atoms with Crippen molar-refractivity contribution in [3.05, 3.63) is 121 Å². The number of rotatable bonds is 26. The summed E-state index contributed by atoms with van der Waals surface area (Å²) in [6, 6.07) is 17.2. The third-order valence-electron chi connectivity index (χ3n) is 9.09. The first-order chi connectivity index (χ1) is 34.0. The molecule has 0 fully saturated rings. The van der Waals surface area contributed by atoms with Crippen LogP contribution in [0, 0.1) is 5.92 Å². The van der Waals surface area contributed by atoms with Gasteiger partial charge in [0.2, 0.25) is 0 Å². The van der Waals surface area contributed by atoms with Crippen LogP contribution in [0.4, 0.5) is 31.4 Å². The van der Waals surface area contributed by atoms with Crippen molar-refractivity contribution < 1.29 is 58.3 Å². The van der Waals surface area contributed by atoms with Gasteiger partial charge in [0.15, 0.2) is 0 Å². The van der Waals surface area contributed by atoms with E-state index in [1.165, 1.54) is 0 Å². The molecule has 0 bridgehead atoms. The standard InChI is InChI=1S/C15H21N5O4.C14H19N5O4.C13H17N5O4.S2/c1-10(2-7-13(16)14(21)22)8-18-15(23)24-9-11-3-5-12(6-4-11)19-20-17;15-12(13(20)21)3-1-2-8-17-14(22)23-9-10-4-6-11(7-5-10)18-19-16;14-11(12(19)20)2-1-7-16-13(21)22-8-9-3-5-10(6-4-9)17-18-15;1-2/h3-6,10,13H,2,7-9,16H2,1H3,(H,18,23)(H,21,22);4-7,12H,1-3,8-9,15H2,(H,17,22)(H,20,21);3-6,11H,1-2,7-8,14H2,(H,16,21)(H,19,20);/t10-,13-;12-;11-;/m000./s1. The average molecular weight is 1030 g/mol. The number of nitrogens with two attached hydrogens (primary N) is 3. The number of benzene rings is 3. The number of hydrogen-bond donors (Lipinski definition) is 9. The van der Waals surface area contributed by atoms with E-state index in [0.29, 0.717) is 68.7 Å². The second-order valence-corrected chi connectivity index (χ2v) is 14.7. The van der Waals surface area contributed by atoms with Crippen molar-refractivity contribution in [3.63, 3.8) is 0 Å². The Kier molecular flexibility index (Phi) is 34.7. The molecular weight excluding hydrogens is 971 g/mol. The number of ether oxygens (including phenoxy) is 3. The number of carbonyl (C=O) groups excluding carboxylic acids is 3. The number of unbranched alkanes of at least 4 members (excludes halogenated alkanes) is 1. The van der Waals surface area contributed by atoms with E-state index in [1.54, 1.807) is 72.8 Å². The number of carbonyl (C=O) groups is 6. The Morgan fingerprint density at radius 2 is 0.831 bits per heavy atom. The highest BCUT2D eigenvalue weighted by molar-refractivity contribution is 8.07. The molecule has 0 saturated heterocycles. The number of aliphatic carboxylic acids is 3. The molecule has 0 unspecified atom stereocenters. The van der Waals surface area contributed by atoms with E-state index >= 15 is 0 Å². The molecule has 0 radical (unpaired) electrons. The van der Waals surface area contributed by atoms with Crippen LogP contribution in [0.5, 0.6) is 0 Å². The quantitative estimate of drug-likeness (QED) is 0.0126. The van der Waals surface area contributed by atoms with E-state index in [4.69, 9.17) is 63.3 Å². The molecule has 29 heteroatoms. The molecule has 3 aromatic carbocycles. The number of amides is 3. The van der Waals surface area contributed by atoms with Crippen molar-refractivity contribution >= 4 is 75.6 Å². The van der Waals surface area contributed by atoms with E-state index in [2.05, 4.69) is 68.4 Å². The largest absolute Gasteiger partial charge is 0.480 e. The lowest BCUT2D eigenvalue weighted by molar-refractivity contribution is -0.139. The fourth-order valence-corrected chi connectivity index (χ4v) is 5.12. The van der Waals surface area contributed by atoms with Crippen LogP contribution in [-0.2, 0) is 70.8 Å². The third-order valence-corrected chi connectivity index (χ3v) is 9.09. The number of azide groups is 3. The summed E-state index contributed by atoms with van der Waals surface area (Å²) in [5.41, 5.74) is 44.7. The number of carboxylic acid groups (broad SMARTS) is 3. The lowest BCUT2D eigenvalue weighted by Crippen LogP contribution is -2.32. The highest BCUT2D eigenvalue weighted by atomic mass is 32.8. The molecule has 384 valence electrons. The Labute approximate surface area is 417 Å². The minimum absolute atomic E-state index is 0.0804. The van der Waals surface area contributed by atoms with E-state index in [9.17, 15) is 28.8 Å². The van der Waals surface area contributed by atoms with Gasteiger partial charge >= 0.3 is 36.2 Å². The Bertz CT molecular complexity index is 2250. The second-order valence-electron chi connectivity index (χ2n) is 14.7. The molecule has 0 saturated carbocycles. The summed E-state index contributed by atoms with van der Waals surface area (Å²) in [7, 11) is 0. The van der Waals surface area contributed by atoms with Crippen LogP contribution in [0.25, 0.3) is 31.3 Å². The van der Waals surface area contributed by atoms with E-state index in [1.807, 2.05) is 6.92 Å². The molecule has 3 rings (SSSR count). The number of nitrogens with zero attached hydrogens (tertiary/aromatic N) is 9. The SMILES string of the molecule is C[C@@H](CC[C@H](N)C(=O)O)CNC(=O)OCc1ccc(N=[N+]=[N-])cc1.S=S.[N-]=[N+]=Nc1ccc(COC(=O)NCCCC[C@H](N)C(=O)O)cc1.[N-]=[N+]=Nc1ccc(COC(=O)NCCC[C@H](N)C(=O)O)cc1. The zero-order chi connectivity index (χ0) is 53.4. The summed E-state index contributed by atoms with van der Waals surface area (Å²) >= 11 is 7.33. The molecule has 0 aliphatic heterocycles. The van der Waals surface area contributed by atoms with Gasteiger partial charge in [-0.15, -0.1) is 0 Å². The van der Waals surface area contributed by atoms with Crippen molar-refractivity contribution in [3.8, 4) is 0 Å². The maximum atomic E-state index is 11.6. The molecule has 4 atom stereocenters. The third kappa shape index (κ3) is 32.5. The first-order valence-electron chi connectivity index (χ1n) is 21.2. The van der Waals surface area contributed by atoms with E-state index in [-0.39, 0.29) is 38.7 Å². The van der Waals surface area contributed by atoms with Crippen LogP contribution in [0.2, 0.25) is 0 Å². The van der Waals surface area contributed by atoms with Crippen LogP contribution in [0.3, 0.4) is 0 Å². The Morgan fingerprint density at radius 1 is 0.521 bits per heavy atom. The van der Waals surface area contributed by atoms with Gasteiger partial charge in [0.25, 0.3) is 0 Å². The van der Waals surface area contributed by atoms with E-state index in [0.717, 1.165) is 16.7 Å². The van der Waals surface area contributed by atoms with Crippen molar-refractivity contribution in [2.24, 2.45) is 38.5 Å². The maximum Gasteiger partial charge on any atom is 0.407 e. The van der Waals surface area contributed by atoms with Crippen molar-refractivity contribution in [2.75, 3.05) is 19.6 Å². The van der Waals surface area contributed by atoms with Gasteiger partial charge in [-0.3, -0.25) is 14.4 Å². The number of hydrogen-bond acceptors (Lipinski definition) is 17. The van der Waals surface area contributed by atoms with Crippen molar-refractivity contribution in [2.45, 2.75) is 89.8 Å². The lowest BCUT2D eigenvalue weighted by atomic mass is 10.0. The van der Waals surface area contributed by atoms with E-state index < -0.39 is 54.3 Å². The first kappa shape index (κ1) is 63.1. The summed E-state index contributed by atoms with van der Waals surface area (Å²) in [5.74, 6) is -3.03. The molecule has 0 aliphatic rings. The highest BCUT2D eigenvalue weighted by Crippen LogP contribution is 2.16. The van der Waals surface area contributed by atoms with Crippen molar-refractivity contribution in [1.82, 2.24) is 16.0 Å². The summed E-state index contributed by atoms with van der Waals surface area (Å²) in [6.07, 6.45) is 1.56. The first-order valence-corrected chi connectivity index (χ1v) is 22.6. The molecule has 3 amide bonds. The minimum atomic E-state index is -1.06. The zero-order valence-electron chi connectivity index (χ0n) is 38.5. The minimum Gasteiger partial charge on any atom is -0.480 e.